The van der Waals surface area contributed by atoms with Crippen LogP contribution in [-0.4, -0.2) is 55.0 Å². The largest absolute Gasteiger partial charge is 0.340 e. The molecule has 0 spiro atoms. The van der Waals surface area contributed by atoms with Gasteiger partial charge in [-0.1, -0.05) is 6.42 Å². The van der Waals surface area contributed by atoms with E-state index in [0.717, 1.165) is 52.1 Å². The molecule has 1 heterocycles. The Labute approximate surface area is 104 Å². The van der Waals surface area contributed by atoms with Gasteiger partial charge in [0.15, 0.2) is 0 Å². The van der Waals surface area contributed by atoms with Crippen LogP contribution in [0.15, 0.2) is 0 Å². The van der Waals surface area contributed by atoms with E-state index in [2.05, 4.69) is 4.90 Å². The van der Waals surface area contributed by atoms with E-state index in [9.17, 15) is 4.79 Å². The number of carbonyl (C=O) groups excluding carboxylic acids is 1. The van der Waals surface area contributed by atoms with Gasteiger partial charge < -0.3 is 10.6 Å². The van der Waals surface area contributed by atoms with Gasteiger partial charge in [0, 0.05) is 45.2 Å². The van der Waals surface area contributed by atoms with Crippen LogP contribution in [-0.2, 0) is 4.79 Å². The van der Waals surface area contributed by atoms with Crippen LogP contribution >= 0.6 is 12.4 Å². The second kappa shape index (κ2) is 6.42. The Bertz CT molecular complexity index is 225. The van der Waals surface area contributed by atoms with Crippen LogP contribution in [0.5, 0.6) is 0 Å². The molecule has 94 valence electrons. The van der Waals surface area contributed by atoms with Gasteiger partial charge in [-0.2, -0.15) is 0 Å². The Kier molecular flexibility index (Phi) is 5.52. The highest BCUT2D eigenvalue weighted by Gasteiger charge is 2.30. The molecule has 0 atom stereocenters. The summed E-state index contributed by atoms with van der Waals surface area (Å²) in [5.74, 6) is 0.750. The molecule has 0 aromatic heterocycles. The fourth-order valence-electron chi connectivity index (χ4n) is 2.29. The van der Waals surface area contributed by atoms with Gasteiger partial charge in [0.05, 0.1) is 0 Å². The first-order valence-corrected chi connectivity index (χ1v) is 6.02. The van der Waals surface area contributed by atoms with E-state index in [1.807, 2.05) is 4.90 Å². The number of nitrogens with zero attached hydrogens (tertiary/aromatic N) is 2. The Balaban J connectivity index is 0.00000128. The monoisotopic (exact) mass is 247 g/mol. The minimum absolute atomic E-state index is 0. The van der Waals surface area contributed by atoms with Crippen LogP contribution < -0.4 is 5.73 Å². The van der Waals surface area contributed by atoms with Crippen LogP contribution in [0.4, 0.5) is 0 Å². The van der Waals surface area contributed by atoms with Gasteiger partial charge in [-0.3, -0.25) is 9.69 Å². The molecule has 4 nitrogen and oxygen atoms in total. The van der Waals surface area contributed by atoms with Crippen molar-refractivity contribution in [3.63, 3.8) is 0 Å². The quantitative estimate of drug-likeness (QED) is 0.781. The lowest BCUT2D eigenvalue weighted by Crippen LogP contribution is -2.51. The summed E-state index contributed by atoms with van der Waals surface area (Å²) in [6.45, 7) is 5.47. The van der Waals surface area contributed by atoms with Gasteiger partial charge >= 0.3 is 0 Å². The molecule has 2 fully saturated rings. The standard InChI is InChI=1S/C11H21N3O.ClH/c12-4-5-13-6-8-14(9-7-13)11(15)10-2-1-3-10;/h10H,1-9,12H2;1H. The van der Waals surface area contributed by atoms with E-state index in [1.165, 1.54) is 6.42 Å². The van der Waals surface area contributed by atoms with Crippen LogP contribution in [0.25, 0.3) is 0 Å². The highest BCUT2D eigenvalue weighted by atomic mass is 35.5. The Morgan fingerprint density at radius 1 is 1.19 bits per heavy atom. The summed E-state index contributed by atoms with van der Waals surface area (Å²) >= 11 is 0. The summed E-state index contributed by atoms with van der Waals surface area (Å²) in [6, 6.07) is 0. The van der Waals surface area contributed by atoms with Crippen molar-refractivity contribution in [2.45, 2.75) is 19.3 Å². The fraction of sp³-hybridized carbons (Fsp3) is 0.909. The molecule has 0 radical (unpaired) electrons. The van der Waals surface area contributed by atoms with E-state index < -0.39 is 0 Å². The zero-order valence-corrected chi connectivity index (χ0v) is 10.5. The first-order valence-electron chi connectivity index (χ1n) is 6.02. The topological polar surface area (TPSA) is 49.6 Å². The Morgan fingerprint density at radius 2 is 1.81 bits per heavy atom. The second-order valence-corrected chi connectivity index (χ2v) is 4.58. The maximum Gasteiger partial charge on any atom is 0.225 e. The number of hydrogen-bond acceptors (Lipinski definition) is 3. The van der Waals surface area contributed by atoms with Crippen molar-refractivity contribution < 1.29 is 4.79 Å². The third-order valence-corrected chi connectivity index (χ3v) is 3.58. The van der Waals surface area contributed by atoms with Crippen molar-refractivity contribution in [3.05, 3.63) is 0 Å². The van der Waals surface area contributed by atoms with Crippen LogP contribution in [0.3, 0.4) is 0 Å². The van der Waals surface area contributed by atoms with E-state index in [4.69, 9.17) is 5.73 Å². The summed E-state index contributed by atoms with van der Waals surface area (Å²) in [7, 11) is 0. The average Bonchev–Trinajstić information content (AvgIpc) is 2.16. The van der Waals surface area contributed by atoms with E-state index >= 15 is 0 Å². The summed E-state index contributed by atoms with van der Waals surface area (Å²) in [4.78, 5) is 16.3. The van der Waals surface area contributed by atoms with Gasteiger partial charge in [0.1, 0.15) is 0 Å². The molecule has 1 aliphatic carbocycles. The fourth-order valence-corrected chi connectivity index (χ4v) is 2.29. The molecule has 1 saturated carbocycles. The number of carbonyl (C=O) groups is 1. The van der Waals surface area contributed by atoms with Gasteiger partial charge in [0.2, 0.25) is 5.91 Å². The van der Waals surface area contributed by atoms with Crippen molar-refractivity contribution in [3.8, 4) is 0 Å². The Hall–Kier alpha value is -0.320. The molecule has 5 heteroatoms. The normalized spacial score (nSPS) is 22.4. The van der Waals surface area contributed by atoms with Crippen molar-refractivity contribution in [2.24, 2.45) is 11.7 Å². The zero-order chi connectivity index (χ0) is 10.7. The molecule has 16 heavy (non-hydrogen) atoms. The molecule has 2 aliphatic rings. The first kappa shape index (κ1) is 13.7. The van der Waals surface area contributed by atoms with Gasteiger partial charge in [-0.05, 0) is 12.8 Å². The van der Waals surface area contributed by atoms with Crippen LogP contribution in [0, 0.1) is 5.92 Å². The second-order valence-electron chi connectivity index (χ2n) is 4.58. The average molecular weight is 248 g/mol. The maximum atomic E-state index is 11.9. The lowest BCUT2D eigenvalue weighted by Gasteiger charge is -2.38. The molecular formula is C11H22ClN3O. The Morgan fingerprint density at radius 3 is 2.25 bits per heavy atom. The molecule has 2 N–H and O–H groups in total. The molecule has 0 bridgehead atoms. The van der Waals surface area contributed by atoms with Crippen LogP contribution in [0.1, 0.15) is 19.3 Å². The van der Waals surface area contributed by atoms with Crippen molar-refractivity contribution >= 4 is 18.3 Å². The third-order valence-electron chi connectivity index (χ3n) is 3.58. The zero-order valence-electron chi connectivity index (χ0n) is 9.73. The first-order chi connectivity index (χ1) is 7.31. The molecule has 1 aliphatic heterocycles. The van der Waals surface area contributed by atoms with E-state index in [-0.39, 0.29) is 12.4 Å². The number of rotatable bonds is 3. The third kappa shape index (κ3) is 3.09. The number of halogens is 1. The summed E-state index contributed by atoms with van der Waals surface area (Å²) < 4.78 is 0. The summed E-state index contributed by atoms with van der Waals surface area (Å²) in [5.41, 5.74) is 5.51. The highest BCUT2D eigenvalue weighted by Crippen LogP contribution is 2.28. The van der Waals surface area contributed by atoms with E-state index in [0.29, 0.717) is 11.8 Å². The van der Waals surface area contributed by atoms with Crippen molar-refractivity contribution in [1.29, 1.82) is 0 Å². The predicted molar refractivity (Wildman–Crippen MR) is 66.7 cm³/mol. The SMILES string of the molecule is Cl.NCCN1CCN(C(=O)C2CCC2)CC1. The number of amides is 1. The van der Waals surface area contributed by atoms with E-state index in [1.54, 1.807) is 0 Å². The van der Waals surface area contributed by atoms with Gasteiger partial charge in [-0.15, -0.1) is 12.4 Å². The summed E-state index contributed by atoms with van der Waals surface area (Å²) in [5, 5.41) is 0. The minimum atomic E-state index is 0. The number of piperazine rings is 1. The lowest BCUT2D eigenvalue weighted by atomic mass is 9.84. The van der Waals surface area contributed by atoms with Gasteiger partial charge in [-0.25, -0.2) is 0 Å². The van der Waals surface area contributed by atoms with Crippen molar-refractivity contribution in [2.75, 3.05) is 39.3 Å². The molecule has 0 aromatic carbocycles. The van der Waals surface area contributed by atoms with Crippen molar-refractivity contribution in [1.82, 2.24) is 9.80 Å². The number of nitrogens with two attached hydrogens (primary N) is 1. The highest BCUT2D eigenvalue weighted by molar-refractivity contribution is 5.85. The molecular weight excluding hydrogens is 226 g/mol. The molecule has 0 unspecified atom stereocenters. The maximum absolute atomic E-state index is 11.9. The minimum Gasteiger partial charge on any atom is -0.340 e. The lowest BCUT2D eigenvalue weighted by molar-refractivity contribution is -0.139. The van der Waals surface area contributed by atoms with Gasteiger partial charge in [0.25, 0.3) is 0 Å². The molecule has 0 aromatic rings. The predicted octanol–water partition coefficient (Wildman–Crippen LogP) is 0.311. The smallest absolute Gasteiger partial charge is 0.225 e. The molecule has 1 amide bonds. The molecule has 1 saturated heterocycles. The van der Waals surface area contributed by atoms with Crippen LogP contribution in [0.2, 0.25) is 0 Å². The molecule has 2 rings (SSSR count). The number of hydrogen-bond donors (Lipinski definition) is 1. The summed E-state index contributed by atoms with van der Waals surface area (Å²) in [6.07, 6.45) is 3.47.